The molecule has 1 aromatic carbocycles. The third kappa shape index (κ3) is 4.13. The summed E-state index contributed by atoms with van der Waals surface area (Å²) in [4.78, 5) is 0. The molecule has 0 amide bonds. The zero-order valence-corrected chi connectivity index (χ0v) is 14.1. The van der Waals surface area contributed by atoms with Crippen LogP contribution in [0.2, 0.25) is 5.02 Å². The van der Waals surface area contributed by atoms with Crippen LogP contribution in [-0.2, 0) is 5.41 Å². The normalized spacial score (nSPS) is 29.0. The lowest BCUT2D eigenvalue weighted by atomic mass is 9.68. The first kappa shape index (κ1) is 17.1. The highest BCUT2D eigenvalue weighted by Gasteiger charge is 2.36. The first-order valence-electron chi connectivity index (χ1n) is 7.91. The molecular formula is C17H26Cl2N2. The summed E-state index contributed by atoms with van der Waals surface area (Å²) in [5, 5.41) is 4.56. The Balaban J connectivity index is 0.00000161. The van der Waals surface area contributed by atoms with E-state index in [1.165, 1.54) is 50.6 Å². The largest absolute Gasteiger partial charge is 0.330 e. The average molecular weight is 329 g/mol. The Morgan fingerprint density at radius 1 is 1.19 bits per heavy atom. The van der Waals surface area contributed by atoms with Gasteiger partial charge >= 0.3 is 0 Å². The summed E-state index contributed by atoms with van der Waals surface area (Å²) in [6, 6.07) is 8.97. The van der Waals surface area contributed by atoms with Gasteiger partial charge in [-0.2, -0.15) is 0 Å². The molecule has 2 aliphatic carbocycles. The van der Waals surface area contributed by atoms with E-state index in [-0.39, 0.29) is 17.8 Å². The van der Waals surface area contributed by atoms with E-state index in [0.717, 1.165) is 17.5 Å². The van der Waals surface area contributed by atoms with Crippen molar-refractivity contribution in [3.8, 4) is 0 Å². The maximum absolute atomic E-state index is 6.15. The molecular weight excluding hydrogens is 303 g/mol. The second-order valence-corrected chi connectivity index (χ2v) is 7.06. The molecule has 3 rings (SSSR count). The molecule has 0 aromatic heterocycles. The van der Waals surface area contributed by atoms with Crippen LogP contribution in [0.5, 0.6) is 0 Å². The lowest BCUT2D eigenvalue weighted by molar-refractivity contribution is 0.250. The molecule has 2 nitrogen and oxygen atoms in total. The fourth-order valence-electron chi connectivity index (χ4n) is 3.46. The van der Waals surface area contributed by atoms with Crippen LogP contribution >= 0.6 is 24.0 Å². The summed E-state index contributed by atoms with van der Waals surface area (Å²) in [5.74, 6) is 0.962. The maximum Gasteiger partial charge on any atom is 0.0408 e. The van der Waals surface area contributed by atoms with Crippen LogP contribution in [0.25, 0.3) is 0 Å². The van der Waals surface area contributed by atoms with Gasteiger partial charge in [0.15, 0.2) is 0 Å². The summed E-state index contributed by atoms with van der Waals surface area (Å²) in [6.07, 6.45) is 7.66. The second-order valence-electron chi connectivity index (χ2n) is 6.62. The van der Waals surface area contributed by atoms with Gasteiger partial charge < -0.3 is 11.1 Å². The number of hydrogen-bond acceptors (Lipinski definition) is 2. The maximum atomic E-state index is 6.15. The van der Waals surface area contributed by atoms with Crippen molar-refractivity contribution in [2.45, 2.75) is 50.0 Å². The van der Waals surface area contributed by atoms with E-state index in [2.05, 4.69) is 17.4 Å². The first-order valence-corrected chi connectivity index (χ1v) is 8.29. The first-order chi connectivity index (χ1) is 9.72. The summed E-state index contributed by atoms with van der Waals surface area (Å²) in [7, 11) is 0. The molecule has 0 radical (unpaired) electrons. The van der Waals surface area contributed by atoms with Crippen molar-refractivity contribution < 1.29 is 0 Å². The summed E-state index contributed by atoms with van der Waals surface area (Å²) >= 11 is 6.15. The minimum atomic E-state index is 0. The number of rotatable bonds is 5. The van der Waals surface area contributed by atoms with Gasteiger partial charge in [-0.3, -0.25) is 0 Å². The number of halogens is 2. The van der Waals surface area contributed by atoms with Crippen molar-refractivity contribution in [2.75, 3.05) is 13.1 Å². The lowest BCUT2D eigenvalue weighted by Crippen LogP contribution is -2.44. The van der Waals surface area contributed by atoms with Crippen LogP contribution in [0.15, 0.2) is 24.3 Å². The zero-order chi connectivity index (χ0) is 14.0. The van der Waals surface area contributed by atoms with E-state index >= 15 is 0 Å². The molecule has 0 bridgehead atoms. The molecule has 0 atom stereocenters. The molecule has 0 heterocycles. The average Bonchev–Trinajstić information content (AvgIpc) is 3.30. The van der Waals surface area contributed by atoms with Crippen LogP contribution in [0.4, 0.5) is 0 Å². The third-order valence-corrected chi connectivity index (χ3v) is 5.40. The van der Waals surface area contributed by atoms with Crippen molar-refractivity contribution in [3.05, 3.63) is 34.9 Å². The highest BCUT2D eigenvalue weighted by atomic mass is 35.5. The van der Waals surface area contributed by atoms with E-state index in [1.807, 2.05) is 12.1 Å². The fourth-order valence-corrected chi connectivity index (χ4v) is 3.65. The van der Waals surface area contributed by atoms with Crippen molar-refractivity contribution in [3.63, 3.8) is 0 Å². The van der Waals surface area contributed by atoms with E-state index in [1.54, 1.807) is 0 Å². The van der Waals surface area contributed by atoms with E-state index in [0.29, 0.717) is 6.04 Å². The van der Waals surface area contributed by atoms with Crippen molar-refractivity contribution in [1.29, 1.82) is 0 Å². The third-order valence-electron chi connectivity index (χ3n) is 5.16. The molecule has 0 unspecified atom stereocenters. The van der Waals surface area contributed by atoms with Gasteiger partial charge in [0.05, 0.1) is 0 Å². The zero-order valence-electron chi connectivity index (χ0n) is 12.5. The minimum absolute atomic E-state index is 0. The predicted molar refractivity (Wildman–Crippen MR) is 92.4 cm³/mol. The van der Waals surface area contributed by atoms with Crippen LogP contribution in [0, 0.1) is 5.92 Å². The van der Waals surface area contributed by atoms with Gasteiger partial charge in [0, 0.05) is 23.0 Å². The van der Waals surface area contributed by atoms with Crippen molar-refractivity contribution >= 4 is 24.0 Å². The van der Waals surface area contributed by atoms with E-state index < -0.39 is 0 Å². The Kier molecular flexibility index (Phi) is 5.96. The Labute approximate surface area is 139 Å². The molecule has 4 heteroatoms. The summed E-state index contributed by atoms with van der Waals surface area (Å²) < 4.78 is 0. The molecule has 2 aliphatic rings. The molecule has 118 valence electrons. The van der Waals surface area contributed by atoms with E-state index in [4.69, 9.17) is 17.3 Å². The van der Waals surface area contributed by atoms with Gasteiger partial charge in [0.1, 0.15) is 0 Å². The SMILES string of the molecule is Cl.NC[C@]1(c2cccc(Cl)c2)CC[C@H](NCC2CC2)CC1. The minimum Gasteiger partial charge on any atom is -0.330 e. The number of hydrogen-bond donors (Lipinski definition) is 2. The van der Waals surface area contributed by atoms with Gasteiger partial charge in [0.2, 0.25) is 0 Å². The predicted octanol–water partition coefficient (Wildman–Crippen LogP) is 3.90. The monoisotopic (exact) mass is 328 g/mol. The summed E-state index contributed by atoms with van der Waals surface area (Å²) in [6.45, 7) is 1.94. The Bertz CT molecular complexity index is 452. The van der Waals surface area contributed by atoms with Gasteiger partial charge in [-0.15, -0.1) is 12.4 Å². The molecule has 21 heavy (non-hydrogen) atoms. The lowest BCUT2D eigenvalue weighted by Gasteiger charge is -2.40. The molecule has 0 aliphatic heterocycles. The summed E-state index contributed by atoms with van der Waals surface area (Å²) in [5.41, 5.74) is 7.60. The Hall–Kier alpha value is -0.280. The smallest absolute Gasteiger partial charge is 0.0408 e. The van der Waals surface area contributed by atoms with Crippen LogP contribution in [-0.4, -0.2) is 19.1 Å². The number of nitrogens with two attached hydrogens (primary N) is 1. The van der Waals surface area contributed by atoms with Crippen LogP contribution in [0.3, 0.4) is 0 Å². The number of nitrogens with one attached hydrogen (secondary N) is 1. The highest BCUT2D eigenvalue weighted by molar-refractivity contribution is 6.30. The van der Waals surface area contributed by atoms with E-state index in [9.17, 15) is 0 Å². The highest BCUT2D eigenvalue weighted by Crippen LogP contribution is 2.39. The molecule has 1 aromatic rings. The quantitative estimate of drug-likeness (QED) is 0.860. The molecule has 3 N–H and O–H groups in total. The molecule has 2 fully saturated rings. The second kappa shape index (κ2) is 7.32. The Morgan fingerprint density at radius 3 is 2.48 bits per heavy atom. The standard InChI is InChI=1S/C17H25ClN2.ClH/c18-15-3-1-2-14(10-15)17(12-19)8-6-16(7-9-17)20-11-13-4-5-13;/h1-3,10,13,16,20H,4-9,11-12,19H2;1H/t16-,17-;. The van der Waals surface area contributed by atoms with Gasteiger partial charge in [0.25, 0.3) is 0 Å². The molecule has 0 saturated heterocycles. The Morgan fingerprint density at radius 2 is 1.90 bits per heavy atom. The molecule has 2 saturated carbocycles. The van der Waals surface area contributed by atoms with Gasteiger partial charge in [-0.1, -0.05) is 23.7 Å². The van der Waals surface area contributed by atoms with Gasteiger partial charge in [-0.05, 0) is 68.7 Å². The van der Waals surface area contributed by atoms with Crippen LogP contribution < -0.4 is 11.1 Å². The number of benzene rings is 1. The van der Waals surface area contributed by atoms with Crippen LogP contribution in [0.1, 0.15) is 44.1 Å². The van der Waals surface area contributed by atoms with Gasteiger partial charge in [-0.25, -0.2) is 0 Å². The molecule has 0 spiro atoms. The topological polar surface area (TPSA) is 38.0 Å². The fraction of sp³-hybridized carbons (Fsp3) is 0.647. The van der Waals surface area contributed by atoms with Crippen molar-refractivity contribution in [1.82, 2.24) is 5.32 Å². The van der Waals surface area contributed by atoms with Crippen molar-refractivity contribution in [2.24, 2.45) is 11.7 Å².